The minimum absolute atomic E-state index is 0. The number of halogens is 3. The Morgan fingerprint density at radius 3 is 2.96 bits per heavy atom. The van der Waals surface area contributed by atoms with Gasteiger partial charge in [0.15, 0.2) is 0 Å². The smallest absolute Gasteiger partial charge is 0.237 e. The molecule has 2 fully saturated rings. The van der Waals surface area contributed by atoms with Crippen molar-refractivity contribution in [2.45, 2.75) is 38.3 Å². The van der Waals surface area contributed by atoms with Crippen LogP contribution in [0.4, 0.5) is 4.39 Å². The summed E-state index contributed by atoms with van der Waals surface area (Å²) >= 11 is 3.50. The van der Waals surface area contributed by atoms with Gasteiger partial charge in [-0.05, 0) is 68.5 Å². The summed E-state index contributed by atoms with van der Waals surface area (Å²) in [6.45, 7) is 4.39. The van der Waals surface area contributed by atoms with Gasteiger partial charge in [-0.1, -0.05) is 15.9 Å². The number of carbonyl (C=O) groups excluding carboxylic acids is 1. The van der Waals surface area contributed by atoms with Gasteiger partial charge in [0.1, 0.15) is 5.82 Å². The second-order valence-corrected chi connectivity index (χ2v) is 7.73. The van der Waals surface area contributed by atoms with E-state index in [9.17, 15) is 9.18 Å². The van der Waals surface area contributed by atoms with Gasteiger partial charge in [0.25, 0.3) is 0 Å². The van der Waals surface area contributed by atoms with E-state index in [-0.39, 0.29) is 30.2 Å². The molecule has 0 aromatic heterocycles. The number of likely N-dealkylation sites (tertiary alicyclic amines) is 1. The predicted octanol–water partition coefficient (Wildman–Crippen LogP) is 3.09. The SMILES string of the molecule is Cl.O=C(NCC1CCCN(Cc2cc(F)ccc2Br)C1)C1CCCN1. The molecule has 140 valence electrons. The van der Waals surface area contributed by atoms with E-state index in [2.05, 4.69) is 31.5 Å². The minimum Gasteiger partial charge on any atom is -0.354 e. The topological polar surface area (TPSA) is 44.4 Å². The molecule has 2 aliphatic heterocycles. The van der Waals surface area contributed by atoms with Crippen LogP contribution in [0.25, 0.3) is 0 Å². The summed E-state index contributed by atoms with van der Waals surface area (Å²) in [7, 11) is 0. The lowest BCUT2D eigenvalue weighted by atomic mass is 9.97. The third-order valence-corrected chi connectivity index (χ3v) is 5.72. The van der Waals surface area contributed by atoms with Crippen LogP contribution in [0.1, 0.15) is 31.2 Å². The largest absolute Gasteiger partial charge is 0.354 e. The van der Waals surface area contributed by atoms with Crippen molar-refractivity contribution in [3.63, 3.8) is 0 Å². The Kier molecular flexibility index (Phi) is 8.13. The van der Waals surface area contributed by atoms with Crippen molar-refractivity contribution in [3.8, 4) is 0 Å². The Morgan fingerprint density at radius 2 is 2.20 bits per heavy atom. The number of carbonyl (C=O) groups is 1. The molecule has 0 saturated carbocycles. The number of hydrogen-bond acceptors (Lipinski definition) is 3. The van der Waals surface area contributed by atoms with Crippen LogP contribution in [0.15, 0.2) is 22.7 Å². The summed E-state index contributed by atoms with van der Waals surface area (Å²) in [4.78, 5) is 14.5. The van der Waals surface area contributed by atoms with E-state index in [0.29, 0.717) is 5.92 Å². The van der Waals surface area contributed by atoms with Crippen molar-refractivity contribution in [1.29, 1.82) is 0 Å². The molecule has 2 saturated heterocycles. The third kappa shape index (κ3) is 5.91. The summed E-state index contributed by atoms with van der Waals surface area (Å²) in [5.41, 5.74) is 0.981. The predicted molar refractivity (Wildman–Crippen MR) is 103 cm³/mol. The van der Waals surface area contributed by atoms with Gasteiger partial charge in [-0.25, -0.2) is 4.39 Å². The second-order valence-electron chi connectivity index (χ2n) is 6.87. The van der Waals surface area contributed by atoms with Crippen LogP contribution >= 0.6 is 28.3 Å². The number of piperidine rings is 1. The first kappa shape index (κ1) is 20.6. The molecule has 1 amide bonds. The average molecular weight is 435 g/mol. The molecule has 4 nitrogen and oxygen atoms in total. The fourth-order valence-electron chi connectivity index (χ4n) is 3.64. The summed E-state index contributed by atoms with van der Waals surface area (Å²) in [5, 5.41) is 6.34. The van der Waals surface area contributed by atoms with E-state index in [4.69, 9.17) is 0 Å². The highest BCUT2D eigenvalue weighted by molar-refractivity contribution is 9.10. The molecule has 2 N–H and O–H groups in total. The fourth-order valence-corrected chi connectivity index (χ4v) is 4.02. The minimum atomic E-state index is -0.196. The molecule has 0 radical (unpaired) electrons. The first-order valence-corrected chi connectivity index (χ1v) is 9.58. The Balaban J connectivity index is 0.00000225. The molecule has 2 heterocycles. The molecule has 2 aliphatic rings. The second kappa shape index (κ2) is 9.86. The number of amides is 1. The maximum absolute atomic E-state index is 13.4. The third-order valence-electron chi connectivity index (χ3n) is 4.95. The fraction of sp³-hybridized carbons (Fsp3) is 0.611. The zero-order valence-corrected chi connectivity index (χ0v) is 16.7. The number of hydrogen-bond donors (Lipinski definition) is 2. The molecule has 7 heteroatoms. The van der Waals surface area contributed by atoms with Crippen LogP contribution < -0.4 is 10.6 Å². The van der Waals surface area contributed by atoms with Gasteiger partial charge >= 0.3 is 0 Å². The lowest BCUT2D eigenvalue weighted by molar-refractivity contribution is -0.123. The molecule has 1 aromatic rings. The molecule has 3 rings (SSSR count). The van der Waals surface area contributed by atoms with Crippen LogP contribution in [0.5, 0.6) is 0 Å². The van der Waals surface area contributed by atoms with Crippen LogP contribution in [0, 0.1) is 11.7 Å². The molecule has 2 unspecified atom stereocenters. The number of nitrogens with zero attached hydrogens (tertiary/aromatic N) is 1. The van der Waals surface area contributed by atoms with E-state index >= 15 is 0 Å². The van der Waals surface area contributed by atoms with E-state index in [1.165, 1.54) is 6.07 Å². The Labute approximate surface area is 163 Å². The quantitative estimate of drug-likeness (QED) is 0.748. The van der Waals surface area contributed by atoms with Crippen LogP contribution in [0.2, 0.25) is 0 Å². The van der Waals surface area contributed by atoms with Gasteiger partial charge < -0.3 is 10.6 Å². The zero-order chi connectivity index (χ0) is 16.9. The highest BCUT2D eigenvalue weighted by atomic mass is 79.9. The Morgan fingerprint density at radius 1 is 1.36 bits per heavy atom. The molecule has 1 aromatic carbocycles. The monoisotopic (exact) mass is 433 g/mol. The summed E-state index contributed by atoms with van der Waals surface area (Å²) in [6, 6.07) is 4.83. The molecule has 2 atom stereocenters. The Hall–Kier alpha value is -0.690. The van der Waals surface area contributed by atoms with Gasteiger partial charge in [0.05, 0.1) is 6.04 Å². The maximum atomic E-state index is 13.4. The number of rotatable bonds is 5. The first-order valence-electron chi connectivity index (χ1n) is 8.79. The molecule has 0 bridgehead atoms. The van der Waals surface area contributed by atoms with Crippen LogP contribution in [-0.2, 0) is 11.3 Å². The molecular formula is C18H26BrClFN3O. The summed E-state index contributed by atoms with van der Waals surface area (Å²) in [5.74, 6) is 0.409. The van der Waals surface area contributed by atoms with Crippen molar-refractivity contribution in [1.82, 2.24) is 15.5 Å². The van der Waals surface area contributed by atoms with E-state index < -0.39 is 0 Å². The highest BCUT2D eigenvalue weighted by Gasteiger charge is 2.24. The lowest BCUT2D eigenvalue weighted by Gasteiger charge is -2.33. The number of nitrogens with one attached hydrogen (secondary N) is 2. The van der Waals surface area contributed by atoms with Gasteiger partial charge in [-0.3, -0.25) is 9.69 Å². The first-order chi connectivity index (χ1) is 11.6. The van der Waals surface area contributed by atoms with Crippen LogP contribution in [0.3, 0.4) is 0 Å². The van der Waals surface area contributed by atoms with Crippen LogP contribution in [-0.4, -0.2) is 43.0 Å². The standard InChI is InChI=1S/C18H25BrFN3O.ClH/c19-16-6-5-15(20)9-14(16)12-23-8-2-3-13(11-23)10-22-18(24)17-4-1-7-21-17;/h5-6,9,13,17,21H,1-4,7-8,10-12H2,(H,22,24);1H. The van der Waals surface area contributed by atoms with Gasteiger partial charge in [0.2, 0.25) is 5.91 Å². The van der Waals surface area contributed by atoms with Crippen molar-refractivity contribution in [3.05, 3.63) is 34.1 Å². The number of benzene rings is 1. The normalized spacial score (nSPS) is 23.9. The van der Waals surface area contributed by atoms with Gasteiger partial charge in [0, 0.05) is 24.1 Å². The van der Waals surface area contributed by atoms with E-state index in [0.717, 1.165) is 68.4 Å². The zero-order valence-electron chi connectivity index (χ0n) is 14.3. The molecule has 0 aliphatic carbocycles. The van der Waals surface area contributed by atoms with Crippen molar-refractivity contribution in [2.24, 2.45) is 5.92 Å². The summed E-state index contributed by atoms with van der Waals surface area (Å²) < 4.78 is 14.4. The van der Waals surface area contributed by atoms with Crippen molar-refractivity contribution in [2.75, 3.05) is 26.2 Å². The van der Waals surface area contributed by atoms with Crippen molar-refractivity contribution < 1.29 is 9.18 Å². The summed E-state index contributed by atoms with van der Waals surface area (Å²) in [6.07, 6.45) is 4.28. The molecular weight excluding hydrogens is 409 g/mol. The van der Waals surface area contributed by atoms with E-state index in [1.807, 2.05) is 0 Å². The van der Waals surface area contributed by atoms with Gasteiger partial charge in [-0.15, -0.1) is 12.4 Å². The van der Waals surface area contributed by atoms with Gasteiger partial charge in [-0.2, -0.15) is 0 Å². The Bertz CT molecular complexity index is 583. The average Bonchev–Trinajstić information content (AvgIpc) is 3.11. The molecule has 25 heavy (non-hydrogen) atoms. The molecule has 0 spiro atoms. The van der Waals surface area contributed by atoms with E-state index in [1.54, 1.807) is 12.1 Å². The van der Waals surface area contributed by atoms with Crippen molar-refractivity contribution >= 4 is 34.2 Å². The lowest BCUT2D eigenvalue weighted by Crippen LogP contribution is -2.45. The maximum Gasteiger partial charge on any atom is 0.237 e. The highest BCUT2D eigenvalue weighted by Crippen LogP contribution is 2.23.